The number of thiol groups is 1. The first-order valence-electron chi connectivity index (χ1n) is 3.65. The minimum absolute atomic E-state index is 0.303. The van der Waals surface area contributed by atoms with E-state index in [1.807, 2.05) is 0 Å². The van der Waals surface area contributed by atoms with Crippen LogP contribution in [0.3, 0.4) is 0 Å². The highest BCUT2D eigenvalue weighted by Crippen LogP contribution is 2.40. The normalized spacial score (nSPS) is 9.81. The average molecular weight is 245 g/mol. The summed E-state index contributed by atoms with van der Waals surface area (Å²) < 4.78 is 0. The lowest BCUT2D eigenvalue weighted by Gasteiger charge is -1.98. The summed E-state index contributed by atoms with van der Waals surface area (Å²) in [7, 11) is 0. The van der Waals surface area contributed by atoms with Gasteiger partial charge in [0.05, 0.1) is 19.7 Å². The van der Waals surface area contributed by atoms with Crippen LogP contribution < -0.4 is 0 Å². The van der Waals surface area contributed by atoms with Gasteiger partial charge in [0.15, 0.2) is 0 Å². The van der Waals surface area contributed by atoms with E-state index in [1.165, 1.54) is 0 Å². The number of hydrogen-bond acceptors (Lipinski definition) is 7. The van der Waals surface area contributed by atoms with Crippen molar-refractivity contribution in [3.05, 3.63) is 42.5 Å². The van der Waals surface area contributed by atoms with E-state index in [2.05, 4.69) is 12.6 Å². The maximum Gasteiger partial charge on any atom is 0.423 e. The number of nitro benzene ring substituents is 3. The summed E-state index contributed by atoms with van der Waals surface area (Å²) in [5.74, 6) is 0. The molecule has 1 aromatic rings. The third-order valence-electron chi connectivity index (χ3n) is 1.67. The molecule has 1 rings (SSSR count). The Hall–Kier alpha value is -2.23. The Balaban J connectivity index is 3.70. The number of hydrogen-bond donors (Lipinski definition) is 1. The summed E-state index contributed by atoms with van der Waals surface area (Å²) in [5, 5.41) is 31.6. The third kappa shape index (κ3) is 1.91. The maximum atomic E-state index is 10.6. The molecule has 0 spiro atoms. The van der Waals surface area contributed by atoms with E-state index in [0.29, 0.717) is 0 Å². The molecule has 0 N–H and O–H groups in total. The van der Waals surface area contributed by atoms with Crippen molar-refractivity contribution in [3.8, 4) is 0 Å². The second-order valence-electron chi connectivity index (χ2n) is 2.57. The van der Waals surface area contributed by atoms with Crippen LogP contribution in [-0.2, 0) is 0 Å². The predicted molar refractivity (Wildman–Crippen MR) is 53.7 cm³/mol. The van der Waals surface area contributed by atoms with Gasteiger partial charge in [-0.25, -0.2) is 0 Å². The smallest absolute Gasteiger partial charge is 0.258 e. The second-order valence-corrected chi connectivity index (χ2v) is 3.05. The van der Waals surface area contributed by atoms with Crippen molar-refractivity contribution in [2.24, 2.45) is 0 Å². The Kier molecular flexibility index (Phi) is 3.04. The van der Waals surface area contributed by atoms with E-state index in [1.54, 1.807) is 0 Å². The molecule has 0 unspecified atom stereocenters. The lowest BCUT2D eigenvalue weighted by Crippen LogP contribution is -2.02. The molecule has 0 heterocycles. The number of nitro groups is 3. The van der Waals surface area contributed by atoms with Gasteiger partial charge in [-0.3, -0.25) is 30.3 Å². The molecule has 0 amide bonds. The van der Waals surface area contributed by atoms with Gasteiger partial charge in [0.1, 0.15) is 0 Å². The molecule has 0 saturated heterocycles. The van der Waals surface area contributed by atoms with Crippen LogP contribution in [0.5, 0.6) is 0 Å². The molecule has 84 valence electrons. The second kappa shape index (κ2) is 4.10. The van der Waals surface area contributed by atoms with Gasteiger partial charge in [-0.2, -0.15) is 0 Å². The number of rotatable bonds is 3. The van der Waals surface area contributed by atoms with Crippen LogP contribution in [-0.4, -0.2) is 14.8 Å². The van der Waals surface area contributed by atoms with Crippen LogP contribution in [0.15, 0.2) is 17.0 Å². The van der Waals surface area contributed by atoms with Crippen LogP contribution in [0, 0.1) is 30.3 Å². The number of benzene rings is 1. The van der Waals surface area contributed by atoms with Crippen LogP contribution in [0.2, 0.25) is 0 Å². The fourth-order valence-corrected chi connectivity index (χ4v) is 1.33. The molecule has 9 nitrogen and oxygen atoms in total. The van der Waals surface area contributed by atoms with Crippen molar-refractivity contribution in [1.82, 2.24) is 0 Å². The summed E-state index contributed by atoms with van der Waals surface area (Å²) in [5.41, 5.74) is -3.08. The summed E-state index contributed by atoms with van der Waals surface area (Å²) in [6, 6.07) is 1.76. The summed E-state index contributed by atoms with van der Waals surface area (Å²) in [4.78, 5) is 28.0. The van der Waals surface area contributed by atoms with Gasteiger partial charge in [0, 0.05) is 6.07 Å². The fraction of sp³-hybridized carbons (Fsp3) is 0. The first kappa shape index (κ1) is 11.8. The Labute approximate surface area is 92.5 Å². The lowest BCUT2D eigenvalue weighted by atomic mass is 10.2. The molecular formula is C6H3N3O6S. The summed E-state index contributed by atoms with van der Waals surface area (Å²) in [6.45, 7) is 0. The first-order valence-corrected chi connectivity index (χ1v) is 4.10. The zero-order chi connectivity index (χ0) is 12.5. The third-order valence-corrected chi connectivity index (χ3v) is 2.03. The highest BCUT2D eigenvalue weighted by atomic mass is 32.1. The monoisotopic (exact) mass is 245 g/mol. The average Bonchev–Trinajstić information content (AvgIpc) is 2.15. The standard InChI is InChI=1S/C6H3N3O6S/c10-7(11)3-1-2-4(16)6(9(14)15)5(3)8(12)13/h1-2,16H. The van der Waals surface area contributed by atoms with Crippen molar-refractivity contribution < 1.29 is 14.8 Å². The van der Waals surface area contributed by atoms with Crippen molar-refractivity contribution in [2.45, 2.75) is 4.90 Å². The van der Waals surface area contributed by atoms with Crippen molar-refractivity contribution in [3.63, 3.8) is 0 Å². The van der Waals surface area contributed by atoms with Gasteiger partial charge in [-0.15, -0.1) is 12.6 Å². The minimum atomic E-state index is -1.17. The van der Waals surface area contributed by atoms with Crippen molar-refractivity contribution in [2.75, 3.05) is 0 Å². The first-order chi connectivity index (χ1) is 7.36. The molecule has 1 aromatic carbocycles. The lowest BCUT2D eigenvalue weighted by molar-refractivity contribution is -0.442. The van der Waals surface area contributed by atoms with E-state index < -0.39 is 31.8 Å². The molecule has 16 heavy (non-hydrogen) atoms. The van der Waals surface area contributed by atoms with Gasteiger partial charge in [-0.05, 0) is 6.07 Å². The summed E-state index contributed by atoms with van der Waals surface area (Å²) >= 11 is 3.65. The van der Waals surface area contributed by atoms with Crippen molar-refractivity contribution in [1.29, 1.82) is 0 Å². The van der Waals surface area contributed by atoms with Gasteiger partial charge in [0.2, 0.25) is 0 Å². The summed E-state index contributed by atoms with van der Waals surface area (Å²) in [6.07, 6.45) is 0. The van der Waals surface area contributed by atoms with Gasteiger partial charge in [-0.1, -0.05) is 0 Å². The molecule has 0 bridgehead atoms. The highest BCUT2D eigenvalue weighted by Gasteiger charge is 2.37. The van der Waals surface area contributed by atoms with E-state index >= 15 is 0 Å². The molecule has 0 radical (unpaired) electrons. The largest absolute Gasteiger partial charge is 0.423 e. The maximum absolute atomic E-state index is 10.6. The molecule has 0 fully saturated rings. The molecule has 0 aliphatic carbocycles. The van der Waals surface area contributed by atoms with Crippen LogP contribution in [0.1, 0.15) is 0 Å². The SMILES string of the molecule is O=[N+]([O-])c1ccc(S)c([N+](=O)[O-])c1[N+](=O)[O-]. The van der Waals surface area contributed by atoms with Gasteiger partial charge < -0.3 is 0 Å². The number of nitrogens with zero attached hydrogens (tertiary/aromatic N) is 3. The topological polar surface area (TPSA) is 129 Å². The van der Waals surface area contributed by atoms with Gasteiger partial charge >= 0.3 is 17.1 Å². The van der Waals surface area contributed by atoms with Crippen molar-refractivity contribution >= 4 is 29.7 Å². The zero-order valence-electron chi connectivity index (χ0n) is 7.39. The minimum Gasteiger partial charge on any atom is -0.258 e. The van der Waals surface area contributed by atoms with Crippen LogP contribution >= 0.6 is 12.6 Å². The molecule has 0 aromatic heterocycles. The quantitative estimate of drug-likeness (QED) is 0.490. The molecule has 10 heteroatoms. The zero-order valence-corrected chi connectivity index (χ0v) is 8.29. The predicted octanol–water partition coefficient (Wildman–Crippen LogP) is 1.70. The highest BCUT2D eigenvalue weighted by molar-refractivity contribution is 7.80. The van der Waals surface area contributed by atoms with E-state index in [9.17, 15) is 30.3 Å². The van der Waals surface area contributed by atoms with E-state index in [-0.39, 0.29) is 4.90 Å². The molecule has 0 aliphatic rings. The molecule has 0 aliphatic heterocycles. The van der Waals surface area contributed by atoms with Gasteiger partial charge in [0.25, 0.3) is 0 Å². The molecule has 0 saturated carbocycles. The Morgan fingerprint density at radius 3 is 1.75 bits per heavy atom. The van der Waals surface area contributed by atoms with E-state index in [0.717, 1.165) is 12.1 Å². The van der Waals surface area contributed by atoms with Crippen LogP contribution in [0.4, 0.5) is 17.1 Å². The molecule has 0 atom stereocenters. The van der Waals surface area contributed by atoms with Crippen LogP contribution in [0.25, 0.3) is 0 Å². The fourth-order valence-electron chi connectivity index (χ4n) is 1.07. The Morgan fingerprint density at radius 2 is 1.38 bits per heavy atom. The Morgan fingerprint density at radius 1 is 0.875 bits per heavy atom. The Bertz CT molecular complexity index is 501. The van der Waals surface area contributed by atoms with E-state index in [4.69, 9.17) is 0 Å². The molecular weight excluding hydrogens is 242 g/mol.